The second kappa shape index (κ2) is 2.84. The van der Waals surface area contributed by atoms with Crippen LogP contribution in [-0.4, -0.2) is 16.1 Å². The molecule has 58 valence electrons. The molecule has 11 heavy (non-hydrogen) atoms. The molecular formula is C7H7NO2S. The maximum atomic E-state index is 10.4. The van der Waals surface area contributed by atoms with Gasteiger partial charge in [0.25, 0.3) is 0 Å². The van der Waals surface area contributed by atoms with Crippen molar-refractivity contribution in [3.05, 3.63) is 22.7 Å². The molecule has 0 aliphatic carbocycles. The standard InChI is InChI=1S/C7H7NO2S/c1-4(7(9)10)6-3-11-5(2)8-6/h3H,1H2,2H3,(H,9,10). The molecule has 0 amide bonds. The molecular weight excluding hydrogens is 162 g/mol. The Balaban J connectivity index is 2.94. The van der Waals surface area contributed by atoms with Gasteiger partial charge in [0.15, 0.2) is 0 Å². The second-order valence-corrected chi connectivity index (χ2v) is 3.10. The molecule has 0 aliphatic heterocycles. The lowest BCUT2D eigenvalue weighted by Gasteiger charge is -1.91. The van der Waals surface area contributed by atoms with Crippen molar-refractivity contribution in [2.45, 2.75) is 6.92 Å². The molecule has 4 heteroatoms. The first-order valence-electron chi connectivity index (χ1n) is 2.96. The van der Waals surface area contributed by atoms with Crippen LogP contribution in [-0.2, 0) is 4.79 Å². The first-order chi connectivity index (χ1) is 5.11. The maximum absolute atomic E-state index is 10.4. The normalized spacial score (nSPS) is 9.55. The van der Waals surface area contributed by atoms with Gasteiger partial charge in [-0.2, -0.15) is 0 Å². The van der Waals surface area contributed by atoms with Crippen molar-refractivity contribution in [3.63, 3.8) is 0 Å². The number of aromatic nitrogens is 1. The maximum Gasteiger partial charge on any atom is 0.337 e. The Labute approximate surface area is 68.0 Å². The van der Waals surface area contributed by atoms with E-state index in [-0.39, 0.29) is 5.57 Å². The molecule has 1 heterocycles. The monoisotopic (exact) mass is 169 g/mol. The Morgan fingerprint density at radius 1 is 1.82 bits per heavy atom. The summed E-state index contributed by atoms with van der Waals surface area (Å²) in [5, 5.41) is 11.0. The fourth-order valence-electron chi connectivity index (χ4n) is 0.612. The first kappa shape index (κ1) is 7.94. The van der Waals surface area contributed by atoms with Gasteiger partial charge in [0.1, 0.15) is 0 Å². The fourth-order valence-corrected chi connectivity index (χ4v) is 1.24. The van der Waals surface area contributed by atoms with Crippen LogP contribution in [0.25, 0.3) is 5.57 Å². The third-order valence-corrected chi connectivity index (χ3v) is 1.96. The van der Waals surface area contributed by atoms with Crippen LogP contribution in [0.15, 0.2) is 12.0 Å². The van der Waals surface area contributed by atoms with Crippen molar-refractivity contribution >= 4 is 22.9 Å². The van der Waals surface area contributed by atoms with Crippen molar-refractivity contribution in [2.75, 3.05) is 0 Å². The Hall–Kier alpha value is -1.16. The number of hydrogen-bond donors (Lipinski definition) is 1. The third-order valence-electron chi connectivity index (χ3n) is 1.19. The van der Waals surface area contributed by atoms with Crippen LogP contribution in [0.5, 0.6) is 0 Å². The number of aliphatic carboxylic acids is 1. The van der Waals surface area contributed by atoms with Crippen LogP contribution in [0.1, 0.15) is 10.7 Å². The number of thiazole rings is 1. The zero-order valence-electron chi connectivity index (χ0n) is 6.00. The second-order valence-electron chi connectivity index (χ2n) is 2.04. The third kappa shape index (κ3) is 1.65. The molecule has 1 aromatic heterocycles. The van der Waals surface area contributed by atoms with Crippen LogP contribution in [0.3, 0.4) is 0 Å². The summed E-state index contributed by atoms with van der Waals surface area (Å²) in [6.45, 7) is 5.21. The van der Waals surface area contributed by atoms with Gasteiger partial charge in [-0.1, -0.05) is 6.58 Å². The van der Waals surface area contributed by atoms with Crippen molar-refractivity contribution in [1.82, 2.24) is 4.98 Å². The average Bonchev–Trinajstić information content (AvgIpc) is 2.34. The first-order valence-corrected chi connectivity index (χ1v) is 3.84. The summed E-state index contributed by atoms with van der Waals surface area (Å²) in [7, 11) is 0. The minimum absolute atomic E-state index is 0.0503. The highest BCUT2D eigenvalue weighted by molar-refractivity contribution is 7.09. The summed E-state index contributed by atoms with van der Waals surface area (Å²) in [6, 6.07) is 0. The summed E-state index contributed by atoms with van der Waals surface area (Å²) in [4.78, 5) is 14.3. The summed E-state index contributed by atoms with van der Waals surface area (Å²) >= 11 is 1.41. The lowest BCUT2D eigenvalue weighted by Crippen LogP contribution is -1.97. The quantitative estimate of drug-likeness (QED) is 0.683. The molecule has 3 nitrogen and oxygen atoms in total. The minimum atomic E-state index is -1.02. The van der Waals surface area contributed by atoms with Crippen LogP contribution in [0.2, 0.25) is 0 Å². The lowest BCUT2D eigenvalue weighted by molar-refractivity contribution is -0.130. The molecule has 0 unspecified atom stereocenters. The molecule has 0 bridgehead atoms. The number of nitrogens with zero attached hydrogens (tertiary/aromatic N) is 1. The van der Waals surface area contributed by atoms with E-state index in [9.17, 15) is 4.79 Å². The van der Waals surface area contributed by atoms with E-state index in [1.807, 2.05) is 6.92 Å². The molecule has 0 saturated carbocycles. The molecule has 1 N–H and O–H groups in total. The Bertz CT molecular complexity index is 303. The van der Waals surface area contributed by atoms with Gasteiger partial charge in [0.2, 0.25) is 0 Å². The highest BCUT2D eigenvalue weighted by Gasteiger charge is 2.09. The summed E-state index contributed by atoms with van der Waals surface area (Å²) in [5.41, 5.74) is 0.509. The highest BCUT2D eigenvalue weighted by atomic mass is 32.1. The molecule has 0 saturated heterocycles. The molecule has 0 aliphatic rings. The van der Waals surface area contributed by atoms with E-state index in [0.29, 0.717) is 5.69 Å². The molecule has 0 aromatic carbocycles. The van der Waals surface area contributed by atoms with Crippen molar-refractivity contribution in [1.29, 1.82) is 0 Å². The van der Waals surface area contributed by atoms with Gasteiger partial charge < -0.3 is 5.11 Å². The van der Waals surface area contributed by atoms with Gasteiger partial charge in [-0.3, -0.25) is 0 Å². The van der Waals surface area contributed by atoms with Gasteiger partial charge in [-0.25, -0.2) is 9.78 Å². The number of carboxylic acid groups (broad SMARTS) is 1. The SMILES string of the molecule is C=C(C(=O)O)c1csc(C)n1. The van der Waals surface area contributed by atoms with E-state index in [0.717, 1.165) is 5.01 Å². The van der Waals surface area contributed by atoms with Crippen molar-refractivity contribution in [3.8, 4) is 0 Å². The zero-order valence-corrected chi connectivity index (χ0v) is 6.81. The molecule has 0 radical (unpaired) electrons. The van der Waals surface area contributed by atoms with Gasteiger partial charge in [0, 0.05) is 5.38 Å². The molecule has 0 fully saturated rings. The van der Waals surface area contributed by atoms with Crippen LogP contribution < -0.4 is 0 Å². The largest absolute Gasteiger partial charge is 0.478 e. The van der Waals surface area contributed by atoms with Gasteiger partial charge in [-0.05, 0) is 6.92 Å². The smallest absolute Gasteiger partial charge is 0.337 e. The topological polar surface area (TPSA) is 50.2 Å². The molecule has 1 rings (SSSR count). The van der Waals surface area contributed by atoms with Gasteiger partial charge in [-0.15, -0.1) is 11.3 Å². The molecule has 1 aromatic rings. The Kier molecular flexibility index (Phi) is 2.05. The summed E-state index contributed by atoms with van der Waals surface area (Å²) in [5.74, 6) is -1.02. The van der Waals surface area contributed by atoms with E-state index < -0.39 is 5.97 Å². The Morgan fingerprint density at radius 2 is 2.45 bits per heavy atom. The molecule has 0 spiro atoms. The number of rotatable bonds is 2. The summed E-state index contributed by atoms with van der Waals surface area (Å²) in [6.07, 6.45) is 0. The zero-order chi connectivity index (χ0) is 8.43. The van der Waals surface area contributed by atoms with E-state index in [2.05, 4.69) is 11.6 Å². The molecule has 0 atom stereocenters. The van der Waals surface area contributed by atoms with E-state index in [4.69, 9.17) is 5.11 Å². The predicted molar refractivity (Wildman–Crippen MR) is 43.5 cm³/mol. The van der Waals surface area contributed by atoms with Crippen LogP contribution >= 0.6 is 11.3 Å². The average molecular weight is 169 g/mol. The highest BCUT2D eigenvalue weighted by Crippen LogP contribution is 2.15. The van der Waals surface area contributed by atoms with Crippen LogP contribution in [0, 0.1) is 6.92 Å². The minimum Gasteiger partial charge on any atom is -0.478 e. The lowest BCUT2D eigenvalue weighted by atomic mass is 10.2. The van der Waals surface area contributed by atoms with E-state index in [1.54, 1.807) is 5.38 Å². The fraction of sp³-hybridized carbons (Fsp3) is 0.143. The number of hydrogen-bond acceptors (Lipinski definition) is 3. The van der Waals surface area contributed by atoms with Gasteiger partial charge in [0.05, 0.1) is 16.3 Å². The van der Waals surface area contributed by atoms with Crippen molar-refractivity contribution in [2.24, 2.45) is 0 Å². The number of carbonyl (C=O) groups is 1. The summed E-state index contributed by atoms with van der Waals surface area (Å²) < 4.78 is 0. The van der Waals surface area contributed by atoms with Crippen LogP contribution in [0.4, 0.5) is 0 Å². The van der Waals surface area contributed by atoms with E-state index >= 15 is 0 Å². The number of carboxylic acids is 1. The van der Waals surface area contributed by atoms with Crippen molar-refractivity contribution < 1.29 is 9.90 Å². The predicted octanol–water partition coefficient (Wildman–Crippen LogP) is 1.55. The van der Waals surface area contributed by atoms with Gasteiger partial charge >= 0.3 is 5.97 Å². The number of aryl methyl sites for hydroxylation is 1. The Morgan fingerprint density at radius 3 is 2.82 bits per heavy atom. The van der Waals surface area contributed by atoms with E-state index in [1.165, 1.54) is 11.3 Å².